The van der Waals surface area contributed by atoms with Gasteiger partial charge in [-0.25, -0.2) is 0 Å². The lowest BCUT2D eigenvalue weighted by Gasteiger charge is -2.19. The van der Waals surface area contributed by atoms with Crippen LogP contribution in [0.1, 0.15) is 35.3 Å². The Labute approximate surface area is 175 Å². The van der Waals surface area contributed by atoms with Gasteiger partial charge in [0.05, 0.1) is 12.5 Å². The molecule has 0 fully saturated rings. The monoisotopic (exact) mass is 401 g/mol. The lowest BCUT2D eigenvalue weighted by molar-refractivity contribution is -0.116. The van der Waals surface area contributed by atoms with Crippen molar-refractivity contribution in [3.8, 4) is 0 Å². The summed E-state index contributed by atoms with van der Waals surface area (Å²) in [5, 5.41) is 8.46. The van der Waals surface area contributed by atoms with Crippen molar-refractivity contribution >= 4 is 29.1 Å². The fourth-order valence-electron chi connectivity index (χ4n) is 3.01. The predicted molar refractivity (Wildman–Crippen MR) is 117 cm³/mol. The molecule has 0 spiro atoms. The van der Waals surface area contributed by atoms with Crippen molar-refractivity contribution in [1.82, 2.24) is 5.32 Å². The lowest BCUT2D eigenvalue weighted by atomic mass is 10.0. The molecule has 6 nitrogen and oxygen atoms in total. The summed E-state index contributed by atoms with van der Waals surface area (Å²) in [5.74, 6) is -0.631. The zero-order valence-electron chi connectivity index (χ0n) is 16.6. The van der Waals surface area contributed by atoms with Crippen LogP contribution in [0.5, 0.6) is 0 Å². The first-order valence-electron chi connectivity index (χ1n) is 9.59. The summed E-state index contributed by atoms with van der Waals surface area (Å²) < 4.78 is 0. The maximum atomic E-state index is 12.6. The highest BCUT2D eigenvalue weighted by molar-refractivity contribution is 5.96. The molecule has 30 heavy (non-hydrogen) atoms. The largest absolute Gasteiger partial charge is 0.345 e. The quantitative estimate of drug-likeness (QED) is 0.556. The van der Waals surface area contributed by atoms with E-state index in [9.17, 15) is 14.4 Å². The molecule has 3 amide bonds. The van der Waals surface area contributed by atoms with Gasteiger partial charge in [-0.05, 0) is 42.0 Å². The van der Waals surface area contributed by atoms with Gasteiger partial charge in [-0.2, -0.15) is 0 Å². The van der Waals surface area contributed by atoms with Crippen molar-refractivity contribution in [2.24, 2.45) is 0 Å². The van der Waals surface area contributed by atoms with Gasteiger partial charge < -0.3 is 16.0 Å². The summed E-state index contributed by atoms with van der Waals surface area (Å²) in [6.45, 7) is 1.43. The van der Waals surface area contributed by atoms with Crippen molar-refractivity contribution in [2.45, 2.75) is 19.4 Å². The van der Waals surface area contributed by atoms with E-state index < -0.39 is 6.04 Å². The van der Waals surface area contributed by atoms with Crippen LogP contribution in [0.25, 0.3) is 0 Å². The molecule has 0 unspecified atom stereocenters. The number of anilines is 2. The molecular weight excluding hydrogens is 378 g/mol. The molecule has 3 N–H and O–H groups in total. The van der Waals surface area contributed by atoms with Crippen LogP contribution in [0.15, 0.2) is 84.9 Å². The summed E-state index contributed by atoms with van der Waals surface area (Å²) in [5.41, 5.74) is 2.64. The highest BCUT2D eigenvalue weighted by Crippen LogP contribution is 2.20. The molecule has 0 aliphatic rings. The standard InChI is InChI=1S/C24H23N3O3/c1-17(28)25-20-12-14-21(15-13-20)26-23(29)16-22(18-8-4-2-5-9-18)27-24(30)19-10-6-3-7-11-19/h2-15,22H,16H2,1H3,(H,25,28)(H,26,29)(H,27,30)/t22-/m0/s1. The highest BCUT2D eigenvalue weighted by Gasteiger charge is 2.19. The van der Waals surface area contributed by atoms with Gasteiger partial charge >= 0.3 is 0 Å². The molecule has 3 aromatic rings. The number of carbonyl (C=O) groups excluding carboxylic acids is 3. The maximum Gasteiger partial charge on any atom is 0.251 e. The Bertz CT molecular complexity index is 1000. The molecular formula is C24H23N3O3. The number of carbonyl (C=O) groups is 3. The van der Waals surface area contributed by atoms with E-state index in [-0.39, 0.29) is 24.1 Å². The van der Waals surface area contributed by atoms with E-state index in [4.69, 9.17) is 0 Å². The Morgan fingerprint density at radius 1 is 0.733 bits per heavy atom. The van der Waals surface area contributed by atoms with Crippen molar-refractivity contribution in [2.75, 3.05) is 10.6 Å². The second kappa shape index (κ2) is 10.0. The second-order valence-corrected chi connectivity index (χ2v) is 6.81. The first kappa shape index (κ1) is 20.8. The van der Waals surface area contributed by atoms with E-state index in [1.807, 2.05) is 36.4 Å². The van der Waals surface area contributed by atoms with Crippen molar-refractivity contribution in [3.05, 3.63) is 96.1 Å². The van der Waals surface area contributed by atoms with Gasteiger partial charge in [-0.1, -0.05) is 48.5 Å². The van der Waals surface area contributed by atoms with Gasteiger partial charge in [-0.15, -0.1) is 0 Å². The molecule has 0 bridgehead atoms. The number of amides is 3. The zero-order chi connectivity index (χ0) is 21.3. The van der Waals surface area contributed by atoms with E-state index >= 15 is 0 Å². The van der Waals surface area contributed by atoms with E-state index in [2.05, 4.69) is 16.0 Å². The Morgan fingerprint density at radius 3 is 1.83 bits per heavy atom. The fraction of sp³-hybridized carbons (Fsp3) is 0.125. The van der Waals surface area contributed by atoms with Gasteiger partial charge in [0, 0.05) is 23.9 Å². The molecule has 3 aromatic carbocycles. The molecule has 0 heterocycles. The number of benzene rings is 3. The van der Waals surface area contributed by atoms with Gasteiger partial charge in [0.2, 0.25) is 11.8 Å². The predicted octanol–water partition coefficient (Wildman–Crippen LogP) is 4.14. The Kier molecular flexibility index (Phi) is 6.95. The van der Waals surface area contributed by atoms with E-state index in [0.717, 1.165) is 5.56 Å². The van der Waals surface area contributed by atoms with Crippen LogP contribution in [0.4, 0.5) is 11.4 Å². The normalized spacial score (nSPS) is 11.2. The van der Waals surface area contributed by atoms with Gasteiger partial charge in [-0.3, -0.25) is 14.4 Å². The van der Waals surface area contributed by atoms with Crippen LogP contribution in [-0.4, -0.2) is 17.7 Å². The Morgan fingerprint density at radius 2 is 1.27 bits per heavy atom. The number of nitrogens with one attached hydrogen (secondary N) is 3. The van der Waals surface area contributed by atoms with E-state index in [1.165, 1.54) is 6.92 Å². The first-order valence-corrected chi connectivity index (χ1v) is 9.59. The van der Waals surface area contributed by atoms with Gasteiger partial charge in [0.25, 0.3) is 5.91 Å². The average molecular weight is 401 g/mol. The molecule has 0 aliphatic heterocycles. The lowest BCUT2D eigenvalue weighted by Crippen LogP contribution is -2.31. The minimum absolute atomic E-state index is 0.0794. The van der Waals surface area contributed by atoms with Gasteiger partial charge in [0.15, 0.2) is 0 Å². The van der Waals surface area contributed by atoms with E-state index in [1.54, 1.807) is 48.5 Å². The minimum atomic E-state index is -0.474. The molecule has 0 aromatic heterocycles. The van der Waals surface area contributed by atoms with E-state index in [0.29, 0.717) is 16.9 Å². The van der Waals surface area contributed by atoms with Crippen LogP contribution in [0.3, 0.4) is 0 Å². The fourth-order valence-corrected chi connectivity index (χ4v) is 3.01. The highest BCUT2D eigenvalue weighted by atomic mass is 16.2. The Hall–Kier alpha value is -3.93. The van der Waals surface area contributed by atoms with Crippen molar-refractivity contribution < 1.29 is 14.4 Å². The topological polar surface area (TPSA) is 87.3 Å². The summed E-state index contributed by atoms with van der Waals surface area (Å²) in [6, 6.07) is 24.7. The first-order chi connectivity index (χ1) is 14.5. The summed E-state index contributed by atoms with van der Waals surface area (Å²) >= 11 is 0. The van der Waals surface area contributed by atoms with Crippen LogP contribution in [0, 0.1) is 0 Å². The molecule has 0 radical (unpaired) electrons. The molecule has 3 rings (SSSR count). The average Bonchev–Trinajstić information content (AvgIpc) is 2.75. The maximum absolute atomic E-state index is 12.6. The number of hydrogen-bond donors (Lipinski definition) is 3. The summed E-state index contributed by atoms with van der Waals surface area (Å²) in [6.07, 6.45) is 0.0794. The third kappa shape index (κ3) is 6.04. The molecule has 0 saturated carbocycles. The minimum Gasteiger partial charge on any atom is -0.345 e. The summed E-state index contributed by atoms with van der Waals surface area (Å²) in [4.78, 5) is 36.4. The smallest absolute Gasteiger partial charge is 0.251 e. The van der Waals surface area contributed by atoms with Crippen LogP contribution in [-0.2, 0) is 9.59 Å². The second-order valence-electron chi connectivity index (χ2n) is 6.81. The molecule has 0 aliphatic carbocycles. The molecule has 1 atom stereocenters. The summed E-state index contributed by atoms with van der Waals surface area (Å²) in [7, 11) is 0. The van der Waals surface area contributed by atoms with Crippen LogP contribution in [0.2, 0.25) is 0 Å². The van der Waals surface area contributed by atoms with Gasteiger partial charge in [0.1, 0.15) is 0 Å². The van der Waals surface area contributed by atoms with Crippen molar-refractivity contribution in [3.63, 3.8) is 0 Å². The number of rotatable bonds is 7. The SMILES string of the molecule is CC(=O)Nc1ccc(NC(=O)C[C@H](NC(=O)c2ccccc2)c2ccccc2)cc1. The third-order valence-electron chi connectivity index (χ3n) is 4.42. The third-order valence-corrected chi connectivity index (χ3v) is 4.42. The molecule has 6 heteroatoms. The Balaban J connectivity index is 1.69. The van der Waals surface area contributed by atoms with Crippen LogP contribution < -0.4 is 16.0 Å². The number of hydrogen-bond acceptors (Lipinski definition) is 3. The van der Waals surface area contributed by atoms with Crippen molar-refractivity contribution in [1.29, 1.82) is 0 Å². The molecule has 0 saturated heterocycles. The zero-order valence-corrected chi connectivity index (χ0v) is 16.6. The van der Waals surface area contributed by atoms with Crippen LogP contribution >= 0.6 is 0 Å². The molecule has 152 valence electrons.